The van der Waals surface area contributed by atoms with Crippen LogP contribution in [0, 0.1) is 5.82 Å². The summed E-state index contributed by atoms with van der Waals surface area (Å²) in [6.45, 7) is 1.03. The van der Waals surface area contributed by atoms with Gasteiger partial charge in [0.1, 0.15) is 5.82 Å². The average molecular weight is 360 g/mol. The maximum atomic E-state index is 12.8. The summed E-state index contributed by atoms with van der Waals surface area (Å²) >= 11 is 0. The monoisotopic (exact) mass is 360 g/mol. The number of benzene rings is 2. The van der Waals surface area contributed by atoms with Gasteiger partial charge in [0.2, 0.25) is 0 Å². The van der Waals surface area contributed by atoms with Crippen LogP contribution in [0.3, 0.4) is 0 Å². The fourth-order valence-electron chi connectivity index (χ4n) is 1.99. The number of hydrogen-bond acceptors (Lipinski definition) is 5. The number of ether oxygens (including phenoxy) is 2. The molecule has 0 aromatic heterocycles. The Kier molecular flexibility index (Phi) is 6.26. The minimum atomic E-state index is -0.613. The van der Waals surface area contributed by atoms with Gasteiger partial charge in [-0.3, -0.25) is 25.2 Å². The zero-order valence-electron chi connectivity index (χ0n) is 14.2. The molecule has 2 rings (SSSR count). The molecule has 7 nitrogen and oxygen atoms in total. The standard InChI is InChI=1S/C18H17FN2O5/c1-11(22)13-5-8-15(16(9-13)25-2)26-10-17(23)20-21-18(24)12-3-6-14(19)7-4-12/h3-9H,10H2,1-2H3,(H,20,23)(H,21,24). The van der Waals surface area contributed by atoms with Crippen molar-refractivity contribution in [1.29, 1.82) is 0 Å². The lowest BCUT2D eigenvalue weighted by Crippen LogP contribution is -2.43. The molecule has 0 aliphatic carbocycles. The van der Waals surface area contributed by atoms with E-state index < -0.39 is 17.6 Å². The number of rotatable bonds is 6. The second-order valence-electron chi connectivity index (χ2n) is 5.22. The molecule has 0 saturated heterocycles. The van der Waals surface area contributed by atoms with Gasteiger partial charge in [0, 0.05) is 11.1 Å². The van der Waals surface area contributed by atoms with Crippen molar-refractivity contribution >= 4 is 17.6 Å². The second-order valence-corrected chi connectivity index (χ2v) is 5.22. The number of Topliss-reactive ketones (excluding diaryl/α,β-unsaturated/α-hetero) is 1. The van der Waals surface area contributed by atoms with Gasteiger partial charge in [0.25, 0.3) is 11.8 Å². The van der Waals surface area contributed by atoms with Crippen LogP contribution in [-0.2, 0) is 4.79 Å². The van der Waals surface area contributed by atoms with Gasteiger partial charge in [-0.05, 0) is 49.4 Å². The number of carbonyl (C=O) groups is 3. The summed E-state index contributed by atoms with van der Waals surface area (Å²) in [5.74, 6) is -1.22. The number of halogens is 1. The smallest absolute Gasteiger partial charge is 0.276 e. The van der Waals surface area contributed by atoms with Crippen LogP contribution in [-0.4, -0.2) is 31.3 Å². The molecule has 8 heteroatoms. The van der Waals surface area contributed by atoms with Crippen molar-refractivity contribution < 1.29 is 28.2 Å². The number of amides is 2. The maximum Gasteiger partial charge on any atom is 0.276 e. The van der Waals surface area contributed by atoms with Gasteiger partial charge in [-0.2, -0.15) is 0 Å². The molecule has 2 aromatic carbocycles. The van der Waals surface area contributed by atoms with Crippen LogP contribution in [0.2, 0.25) is 0 Å². The molecule has 0 fully saturated rings. The van der Waals surface area contributed by atoms with Crippen molar-refractivity contribution in [2.45, 2.75) is 6.92 Å². The molecular formula is C18H17FN2O5. The molecule has 0 bridgehead atoms. The first-order chi connectivity index (χ1) is 12.4. The summed E-state index contributed by atoms with van der Waals surface area (Å²) < 4.78 is 23.3. The highest BCUT2D eigenvalue weighted by Crippen LogP contribution is 2.28. The van der Waals surface area contributed by atoms with Crippen LogP contribution < -0.4 is 20.3 Å². The maximum absolute atomic E-state index is 12.8. The highest BCUT2D eigenvalue weighted by molar-refractivity contribution is 5.95. The Bertz CT molecular complexity index is 821. The third-order valence-corrected chi connectivity index (χ3v) is 3.35. The Balaban J connectivity index is 1.87. The average Bonchev–Trinajstić information content (AvgIpc) is 2.64. The third kappa shape index (κ3) is 5.04. The minimum Gasteiger partial charge on any atom is -0.493 e. The Hall–Kier alpha value is -3.42. The Labute approximate surface area is 149 Å². The molecule has 0 unspecified atom stereocenters. The molecule has 0 spiro atoms. The molecule has 2 aromatic rings. The van der Waals surface area contributed by atoms with Crippen LogP contribution >= 0.6 is 0 Å². The van der Waals surface area contributed by atoms with Gasteiger partial charge in [-0.1, -0.05) is 0 Å². The lowest BCUT2D eigenvalue weighted by atomic mass is 10.1. The topological polar surface area (TPSA) is 93.7 Å². The predicted molar refractivity (Wildman–Crippen MR) is 90.5 cm³/mol. The van der Waals surface area contributed by atoms with Crippen LogP contribution in [0.5, 0.6) is 11.5 Å². The van der Waals surface area contributed by atoms with E-state index in [0.717, 1.165) is 12.1 Å². The number of nitrogens with one attached hydrogen (secondary N) is 2. The summed E-state index contributed by atoms with van der Waals surface area (Å²) in [5.41, 5.74) is 5.01. The van der Waals surface area contributed by atoms with Crippen molar-refractivity contribution in [3.05, 3.63) is 59.4 Å². The van der Waals surface area contributed by atoms with Crippen molar-refractivity contribution in [3.8, 4) is 11.5 Å². The van der Waals surface area contributed by atoms with Crippen LogP contribution in [0.15, 0.2) is 42.5 Å². The highest BCUT2D eigenvalue weighted by Gasteiger charge is 2.11. The summed E-state index contributed by atoms with van der Waals surface area (Å²) in [5, 5.41) is 0. The number of hydrazine groups is 1. The molecule has 0 aliphatic heterocycles. The molecule has 26 heavy (non-hydrogen) atoms. The van der Waals surface area contributed by atoms with E-state index in [9.17, 15) is 18.8 Å². The number of carbonyl (C=O) groups excluding carboxylic acids is 3. The van der Waals surface area contributed by atoms with Crippen molar-refractivity contribution in [3.63, 3.8) is 0 Å². The first-order valence-corrected chi connectivity index (χ1v) is 7.57. The second kappa shape index (κ2) is 8.61. The van der Waals surface area contributed by atoms with E-state index in [0.29, 0.717) is 11.3 Å². The van der Waals surface area contributed by atoms with E-state index >= 15 is 0 Å². The van der Waals surface area contributed by atoms with Crippen molar-refractivity contribution in [2.75, 3.05) is 13.7 Å². The molecule has 2 N–H and O–H groups in total. The van der Waals surface area contributed by atoms with Gasteiger partial charge in [0.05, 0.1) is 7.11 Å². The summed E-state index contributed by atoms with van der Waals surface area (Å²) in [4.78, 5) is 34.9. The van der Waals surface area contributed by atoms with Gasteiger partial charge in [-0.25, -0.2) is 4.39 Å². The summed E-state index contributed by atoms with van der Waals surface area (Å²) in [7, 11) is 1.41. The lowest BCUT2D eigenvalue weighted by Gasteiger charge is -2.12. The summed E-state index contributed by atoms with van der Waals surface area (Å²) in [6, 6.07) is 9.41. The molecule has 2 amide bonds. The van der Waals surface area contributed by atoms with Gasteiger partial charge in [0.15, 0.2) is 23.9 Å². The fourth-order valence-corrected chi connectivity index (χ4v) is 1.99. The van der Waals surface area contributed by atoms with E-state index in [1.165, 1.54) is 38.3 Å². The lowest BCUT2D eigenvalue weighted by molar-refractivity contribution is -0.123. The van der Waals surface area contributed by atoms with E-state index in [-0.39, 0.29) is 23.7 Å². The summed E-state index contributed by atoms with van der Waals surface area (Å²) in [6.07, 6.45) is 0. The van der Waals surface area contributed by atoms with Crippen LogP contribution in [0.1, 0.15) is 27.6 Å². The number of ketones is 1. The largest absolute Gasteiger partial charge is 0.493 e. The predicted octanol–water partition coefficient (Wildman–Crippen LogP) is 1.88. The zero-order chi connectivity index (χ0) is 19.1. The first kappa shape index (κ1) is 18.9. The van der Waals surface area contributed by atoms with E-state index in [2.05, 4.69) is 10.9 Å². The Morgan fingerprint density at radius 3 is 2.23 bits per heavy atom. The molecule has 136 valence electrons. The van der Waals surface area contributed by atoms with E-state index in [4.69, 9.17) is 9.47 Å². The first-order valence-electron chi connectivity index (χ1n) is 7.57. The van der Waals surface area contributed by atoms with Gasteiger partial charge >= 0.3 is 0 Å². The van der Waals surface area contributed by atoms with E-state index in [1.54, 1.807) is 6.07 Å². The Morgan fingerprint density at radius 2 is 1.62 bits per heavy atom. The number of methoxy groups -OCH3 is 1. The zero-order valence-corrected chi connectivity index (χ0v) is 14.2. The van der Waals surface area contributed by atoms with Crippen LogP contribution in [0.25, 0.3) is 0 Å². The highest BCUT2D eigenvalue weighted by atomic mass is 19.1. The SMILES string of the molecule is COc1cc(C(C)=O)ccc1OCC(=O)NNC(=O)c1ccc(F)cc1. The fraction of sp³-hybridized carbons (Fsp3) is 0.167. The molecular weight excluding hydrogens is 343 g/mol. The third-order valence-electron chi connectivity index (χ3n) is 3.35. The molecule has 0 atom stereocenters. The Morgan fingerprint density at radius 1 is 0.962 bits per heavy atom. The molecule has 0 saturated carbocycles. The number of hydrogen-bond donors (Lipinski definition) is 2. The minimum absolute atomic E-state index is 0.129. The normalized spacial score (nSPS) is 9.96. The van der Waals surface area contributed by atoms with Crippen molar-refractivity contribution in [1.82, 2.24) is 10.9 Å². The quantitative estimate of drug-likeness (QED) is 0.606. The molecule has 0 heterocycles. The van der Waals surface area contributed by atoms with Gasteiger partial charge in [-0.15, -0.1) is 0 Å². The van der Waals surface area contributed by atoms with Crippen LogP contribution in [0.4, 0.5) is 4.39 Å². The molecule has 0 radical (unpaired) electrons. The van der Waals surface area contributed by atoms with Gasteiger partial charge < -0.3 is 9.47 Å². The van der Waals surface area contributed by atoms with Crippen molar-refractivity contribution in [2.24, 2.45) is 0 Å². The molecule has 0 aliphatic rings. The van der Waals surface area contributed by atoms with E-state index in [1.807, 2.05) is 0 Å².